The summed E-state index contributed by atoms with van der Waals surface area (Å²) < 4.78 is 16.7. The second-order valence-corrected chi connectivity index (χ2v) is 5.56. The standard InChI is InChI=1S/C17H14N2O3S/c1-2-20-15-8-12(9-18)5-6-14(15)21-10-13-11-22-17(19-13)16-4-3-7-23-16/h3-8,11H,2,10H2,1H3. The summed E-state index contributed by atoms with van der Waals surface area (Å²) >= 11 is 1.57. The molecule has 0 aliphatic carbocycles. The zero-order chi connectivity index (χ0) is 16.1. The van der Waals surface area contributed by atoms with Crippen LogP contribution in [0.4, 0.5) is 0 Å². The molecule has 0 fully saturated rings. The fourth-order valence-electron chi connectivity index (χ4n) is 2.00. The Labute approximate surface area is 137 Å². The first-order chi connectivity index (χ1) is 11.3. The number of oxazole rings is 1. The number of rotatable bonds is 6. The first-order valence-electron chi connectivity index (χ1n) is 7.08. The Balaban J connectivity index is 1.72. The van der Waals surface area contributed by atoms with E-state index >= 15 is 0 Å². The molecule has 3 aromatic rings. The molecule has 0 unspecified atom stereocenters. The van der Waals surface area contributed by atoms with Gasteiger partial charge in [0.25, 0.3) is 0 Å². The Morgan fingerprint density at radius 3 is 2.91 bits per heavy atom. The van der Waals surface area contributed by atoms with E-state index in [0.29, 0.717) is 35.3 Å². The molecule has 0 aliphatic rings. The lowest BCUT2D eigenvalue weighted by atomic mass is 10.2. The third kappa shape index (κ3) is 3.52. The fourth-order valence-corrected chi connectivity index (χ4v) is 2.66. The summed E-state index contributed by atoms with van der Waals surface area (Å²) in [5.74, 6) is 1.71. The van der Waals surface area contributed by atoms with Crippen molar-refractivity contribution >= 4 is 11.3 Å². The van der Waals surface area contributed by atoms with E-state index in [-0.39, 0.29) is 6.61 Å². The van der Waals surface area contributed by atoms with E-state index in [0.717, 1.165) is 4.88 Å². The highest BCUT2D eigenvalue weighted by Crippen LogP contribution is 2.29. The van der Waals surface area contributed by atoms with Crippen LogP contribution in [0.25, 0.3) is 10.8 Å². The van der Waals surface area contributed by atoms with Gasteiger partial charge in [0.1, 0.15) is 18.6 Å². The maximum atomic E-state index is 8.95. The van der Waals surface area contributed by atoms with Crippen LogP contribution in [0.1, 0.15) is 18.2 Å². The molecular weight excluding hydrogens is 312 g/mol. The summed E-state index contributed by atoms with van der Waals surface area (Å²) in [5.41, 5.74) is 1.22. The molecule has 1 aromatic carbocycles. The molecule has 0 bridgehead atoms. The monoisotopic (exact) mass is 326 g/mol. The fraction of sp³-hybridized carbons (Fsp3) is 0.176. The van der Waals surface area contributed by atoms with Crippen LogP contribution < -0.4 is 9.47 Å². The van der Waals surface area contributed by atoms with Crippen LogP contribution in [0.5, 0.6) is 11.5 Å². The first kappa shape index (κ1) is 15.1. The lowest BCUT2D eigenvalue weighted by molar-refractivity contribution is 0.266. The molecule has 6 heteroatoms. The quantitative estimate of drug-likeness (QED) is 0.677. The van der Waals surface area contributed by atoms with Gasteiger partial charge in [-0.05, 0) is 30.5 Å². The summed E-state index contributed by atoms with van der Waals surface area (Å²) in [6, 6.07) is 11.1. The Hall–Kier alpha value is -2.78. The van der Waals surface area contributed by atoms with Crippen molar-refractivity contribution in [2.75, 3.05) is 6.61 Å². The van der Waals surface area contributed by atoms with Gasteiger partial charge in [-0.15, -0.1) is 11.3 Å². The molecule has 0 saturated carbocycles. The number of ether oxygens (including phenoxy) is 2. The van der Waals surface area contributed by atoms with Crippen molar-refractivity contribution in [2.45, 2.75) is 13.5 Å². The van der Waals surface area contributed by atoms with Crippen LogP contribution in [0, 0.1) is 11.3 Å². The maximum Gasteiger partial charge on any atom is 0.236 e. The van der Waals surface area contributed by atoms with Crippen LogP contribution in [-0.2, 0) is 6.61 Å². The Kier molecular flexibility index (Phi) is 4.60. The topological polar surface area (TPSA) is 68.3 Å². The SMILES string of the molecule is CCOc1cc(C#N)ccc1OCc1coc(-c2cccs2)n1. The van der Waals surface area contributed by atoms with Gasteiger partial charge >= 0.3 is 0 Å². The lowest BCUT2D eigenvalue weighted by Crippen LogP contribution is -2.00. The molecule has 3 rings (SSSR count). The summed E-state index contributed by atoms with van der Waals surface area (Å²) in [5, 5.41) is 10.9. The van der Waals surface area contributed by atoms with Crippen LogP contribution in [-0.4, -0.2) is 11.6 Å². The van der Waals surface area contributed by atoms with E-state index in [4.69, 9.17) is 19.2 Å². The highest BCUT2D eigenvalue weighted by Gasteiger charge is 2.10. The number of aromatic nitrogens is 1. The van der Waals surface area contributed by atoms with Gasteiger partial charge in [0, 0.05) is 6.07 Å². The summed E-state index contributed by atoms with van der Waals surface area (Å²) in [6.45, 7) is 2.65. The molecule has 0 saturated heterocycles. The van der Waals surface area contributed by atoms with E-state index in [1.165, 1.54) is 0 Å². The molecular formula is C17H14N2O3S. The summed E-state index contributed by atoms with van der Waals surface area (Å²) in [6.07, 6.45) is 1.58. The second-order valence-electron chi connectivity index (χ2n) is 4.62. The lowest BCUT2D eigenvalue weighted by Gasteiger charge is -2.11. The van der Waals surface area contributed by atoms with Gasteiger partial charge in [0.15, 0.2) is 11.5 Å². The van der Waals surface area contributed by atoms with Crippen LogP contribution in [0.2, 0.25) is 0 Å². The number of nitriles is 1. The molecule has 0 atom stereocenters. The van der Waals surface area contributed by atoms with Gasteiger partial charge in [0.2, 0.25) is 5.89 Å². The van der Waals surface area contributed by atoms with E-state index < -0.39 is 0 Å². The Morgan fingerprint density at radius 2 is 2.17 bits per heavy atom. The molecule has 0 spiro atoms. The smallest absolute Gasteiger partial charge is 0.236 e. The van der Waals surface area contributed by atoms with E-state index in [9.17, 15) is 0 Å². The number of hydrogen-bond acceptors (Lipinski definition) is 6. The van der Waals surface area contributed by atoms with E-state index in [1.807, 2.05) is 24.4 Å². The van der Waals surface area contributed by atoms with Gasteiger partial charge in [-0.3, -0.25) is 0 Å². The second kappa shape index (κ2) is 6.99. The van der Waals surface area contributed by atoms with Crippen LogP contribution in [0.3, 0.4) is 0 Å². The van der Waals surface area contributed by atoms with Crippen LogP contribution in [0.15, 0.2) is 46.4 Å². The largest absolute Gasteiger partial charge is 0.490 e. The molecule has 2 aromatic heterocycles. The van der Waals surface area contributed by atoms with Gasteiger partial charge < -0.3 is 13.9 Å². The molecule has 116 valence electrons. The maximum absolute atomic E-state index is 8.95. The minimum atomic E-state index is 0.265. The van der Waals surface area contributed by atoms with Crippen molar-refractivity contribution < 1.29 is 13.9 Å². The normalized spacial score (nSPS) is 10.3. The molecule has 0 aliphatic heterocycles. The van der Waals surface area contributed by atoms with Crippen LogP contribution >= 0.6 is 11.3 Å². The van der Waals surface area contributed by atoms with Gasteiger partial charge in [-0.2, -0.15) is 5.26 Å². The van der Waals surface area contributed by atoms with Gasteiger partial charge in [-0.1, -0.05) is 6.07 Å². The van der Waals surface area contributed by atoms with E-state index in [1.54, 1.807) is 35.8 Å². The number of benzene rings is 1. The van der Waals surface area contributed by atoms with Crippen molar-refractivity contribution in [3.8, 4) is 28.3 Å². The highest BCUT2D eigenvalue weighted by molar-refractivity contribution is 7.13. The summed E-state index contributed by atoms with van der Waals surface area (Å²) in [7, 11) is 0. The molecule has 2 heterocycles. The third-order valence-electron chi connectivity index (χ3n) is 3.03. The van der Waals surface area contributed by atoms with E-state index in [2.05, 4.69) is 11.1 Å². The number of nitrogens with zero attached hydrogens (tertiary/aromatic N) is 2. The van der Waals surface area contributed by atoms with Crippen molar-refractivity contribution in [3.63, 3.8) is 0 Å². The van der Waals surface area contributed by atoms with Crippen molar-refractivity contribution in [1.29, 1.82) is 5.26 Å². The summed E-state index contributed by atoms with van der Waals surface area (Å²) in [4.78, 5) is 5.38. The molecule has 5 nitrogen and oxygen atoms in total. The van der Waals surface area contributed by atoms with Crippen molar-refractivity contribution in [3.05, 3.63) is 53.2 Å². The number of thiophene rings is 1. The highest BCUT2D eigenvalue weighted by atomic mass is 32.1. The average Bonchev–Trinajstić information content (AvgIpc) is 3.25. The molecule has 0 radical (unpaired) electrons. The van der Waals surface area contributed by atoms with Crippen molar-refractivity contribution in [1.82, 2.24) is 4.98 Å². The predicted molar refractivity (Wildman–Crippen MR) is 86.5 cm³/mol. The minimum absolute atomic E-state index is 0.265. The predicted octanol–water partition coefficient (Wildman–Crippen LogP) is 4.25. The third-order valence-corrected chi connectivity index (χ3v) is 3.89. The molecule has 0 N–H and O–H groups in total. The molecule has 0 amide bonds. The van der Waals surface area contributed by atoms with Gasteiger partial charge in [-0.25, -0.2) is 4.98 Å². The van der Waals surface area contributed by atoms with Gasteiger partial charge in [0.05, 0.1) is 23.1 Å². The zero-order valence-electron chi connectivity index (χ0n) is 12.5. The number of hydrogen-bond donors (Lipinski definition) is 0. The Morgan fingerprint density at radius 1 is 1.26 bits per heavy atom. The Bertz CT molecular complexity index is 819. The average molecular weight is 326 g/mol. The first-order valence-corrected chi connectivity index (χ1v) is 7.96. The minimum Gasteiger partial charge on any atom is -0.490 e. The van der Waals surface area contributed by atoms with Crippen molar-refractivity contribution in [2.24, 2.45) is 0 Å². The zero-order valence-corrected chi connectivity index (χ0v) is 13.3. The molecule has 23 heavy (non-hydrogen) atoms.